The van der Waals surface area contributed by atoms with Crippen molar-refractivity contribution in [2.24, 2.45) is 5.92 Å². The SMILES string of the molecule is CCC(NC(=O)c1sc(CC(C)C)nc1C)c1ccc(OC)cc1. The summed E-state index contributed by atoms with van der Waals surface area (Å²) in [6, 6.07) is 7.82. The van der Waals surface area contributed by atoms with Gasteiger partial charge in [0.1, 0.15) is 10.6 Å². The molecule has 1 heterocycles. The third kappa shape index (κ3) is 4.57. The molecule has 2 aromatic rings. The molecule has 0 bridgehead atoms. The number of benzene rings is 1. The van der Waals surface area contributed by atoms with Gasteiger partial charge in [0.2, 0.25) is 0 Å². The number of nitrogens with one attached hydrogen (secondary N) is 1. The molecule has 0 saturated heterocycles. The van der Waals surface area contributed by atoms with Crippen LogP contribution >= 0.6 is 11.3 Å². The number of nitrogens with zero attached hydrogens (tertiary/aromatic N) is 1. The van der Waals surface area contributed by atoms with Gasteiger partial charge in [0.15, 0.2) is 0 Å². The first-order valence-electron chi connectivity index (χ1n) is 8.35. The van der Waals surface area contributed by atoms with Gasteiger partial charge in [-0.3, -0.25) is 4.79 Å². The molecule has 4 nitrogen and oxygen atoms in total. The van der Waals surface area contributed by atoms with E-state index < -0.39 is 0 Å². The molecule has 1 aromatic heterocycles. The average Bonchev–Trinajstić information content (AvgIpc) is 2.92. The molecule has 1 aromatic carbocycles. The second-order valence-corrected chi connectivity index (χ2v) is 7.41. The highest BCUT2D eigenvalue weighted by Crippen LogP contribution is 2.24. The fourth-order valence-corrected chi connectivity index (χ4v) is 3.76. The summed E-state index contributed by atoms with van der Waals surface area (Å²) in [4.78, 5) is 17.9. The molecular weight excluding hydrogens is 320 g/mol. The molecule has 1 amide bonds. The molecule has 0 spiro atoms. The van der Waals surface area contributed by atoms with Gasteiger partial charge >= 0.3 is 0 Å². The second kappa shape index (κ2) is 8.29. The Bertz CT molecular complexity index is 677. The number of amides is 1. The van der Waals surface area contributed by atoms with Crippen molar-refractivity contribution in [3.8, 4) is 5.75 Å². The Morgan fingerprint density at radius 2 is 1.96 bits per heavy atom. The van der Waals surface area contributed by atoms with Gasteiger partial charge in [-0.25, -0.2) is 4.98 Å². The molecule has 0 fully saturated rings. The van der Waals surface area contributed by atoms with Gasteiger partial charge in [-0.05, 0) is 37.0 Å². The lowest BCUT2D eigenvalue weighted by Gasteiger charge is -2.17. The maximum Gasteiger partial charge on any atom is 0.263 e. The fourth-order valence-electron chi connectivity index (χ4n) is 2.58. The van der Waals surface area contributed by atoms with Crippen LogP contribution in [0.4, 0.5) is 0 Å². The maximum atomic E-state index is 12.7. The highest BCUT2D eigenvalue weighted by atomic mass is 32.1. The summed E-state index contributed by atoms with van der Waals surface area (Å²) < 4.78 is 5.19. The third-order valence-electron chi connectivity index (χ3n) is 3.86. The lowest BCUT2D eigenvalue weighted by Crippen LogP contribution is -2.28. The monoisotopic (exact) mass is 346 g/mol. The van der Waals surface area contributed by atoms with Gasteiger partial charge in [-0.2, -0.15) is 0 Å². The van der Waals surface area contributed by atoms with E-state index in [1.165, 1.54) is 11.3 Å². The number of carbonyl (C=O) groups excluding carboxylic acids is 1. The Kier molecular flexibility index (Phi) is 6.37. The molecule has 1 N–H and O–H groups in total. The minimum atomic E-state index is -0.0392. The van der Waals surface area contributed by atoms with Crippen LogP contribution in [-0.4, -0.2) is 18.0 Å². The smallest absolute Gasteiger partial charge is 0.263 e. The number of hydrogen-bond acceptors (Lipinski definition) is 4. The van der Waals surface area contributed by atoms with E-state index in [9.17, 15) is 4.79 Å². The summed E-state index contributed by atoms with van der Waals surface area (Å²) in [5.74, 6) is 1.31. The molecule has 1 unspecified atom stereocenters. The lowest BCUT2D eigenvalue weighted by molar-refractivity contribution is 0.0939. The van der Waals surface area contributed by atoms with Crippen LogP contribution < -0.4 is 10.1 Å². The van der Waals surface area contributed by atoms with Gasteiger partial charge in [0.25, 0.3) is 5.91 Å². The van der Waals surface area contributed by atoms with Crippen LogP contribution in [0, 0.1) is 12.8 Å². The summed E-state index contributed by atoms with van der Waals surface area (Å²) in [5, 5.41) is 4.17. The Hall–Kier alpha value is -1.88. The molecule has 0 radical (unpaired) electrons. The van der Waals surface area contributed by atoms with Gasteiger partial charge < -0.3 is 10.1 Å². The van der Waals surface area contributed by atoms with Crippen molar-refractivity contribution >= 4 is 17.2 Å². The number of ether oxygens (including phenoxy) is 1. The molecule has 1 atom stereocenters. The van der Waals surface area contributed by atoms with Gasteiger partial charge in [0, 0.05) is 6.42 Å². The minimum absolute atomic E-state index is 0.0153. The van der Waals surface area contributed by atoms with Crippen molar-refractivity contribution < 1.29 is 9.53 Å². The third-order valence-corrected chi connectivity index (χ3v) is 5.04. The predicted molar refractivity (Wildman–Crippen MR) is 98.9 cm³/mol. The highest BCUT2D eigenvalue weighted by Gasteiger charge is 2.19. The summed E-state index contributed by atoms with van der Waals surface area (Å²) in [5.41, 5.74) is 1.90. The lowest BCUT2D eigenvalue weighted by atomic mass is 10.0. The zero-order valence-electron chi connectivity index (χ0n) is 15.1. The molecule has 0 aliphatic heterocycles. The number of methoxy groups -OCH3 is 1. The summed E-state index contributed by atoms with van der Waals surface area (Å²) in [6.45, 7) is 8.29. The van der Waals surface area contributed by atoms with E-state index in [2.05, 4.69) is 31.1 Å². The van der Waals surface area contributed by atoms with Crippen LogP contribution in [0.1, 0.15) is 59.2 Å². The van der Waals surface area contributed by atoms with Gasteiger partial charge in [0.05, 0.1) is 23.9 Å². The molecule has 0 aliphatic rings. The number of aryl methyl sites for hydroxylation is 1. The maximum absolute atomic E-state index is 12.7. The largest absolute Gasteiger partial charge is 0.497 e. The Morgan fingerprint density at radius 1 is 1.29 bits per heavy atom. The van der Waals surface area contributed by atoms with Crippen LogP contribution in [0.3, 0.4) is 0 Å². The Morgan fingerprint density at radius 3 is 2.50 bits per heavy atom. The number of carbonyl (C=O) groups is 1. The molecule has 0 saturated carbocycles. The number of thiazole rings is 1. The standard InChI is InChI=1S/C19H26N2O2S/c1-6-16(14-7-9-15(23-5)10-8-14)21-19(22)18-13(4)20-17(24-18)11-12(2)3/h7-10,12,16H,6,11H2,1-5H3,(H,21,22). The van der Waals surface area contributed by atoms with E-state index in [4.69, 9.17) is 4.74 Å². The van der Waals surface area contributed by atoms with Crippen molar-refractivity contribution in [1.29, 1.82) is 0 Å². The highest BCUT2D eigenvalue weighted by molar-refractivity contribution is 7.13. The number of aromatic nitrogens is 1. The number of hydrogen-bond donors (Lipinski definition) is 1. The first-order chi connectivity index (χ1) is 11.4. The van der Waals surface area contributed by atoms with E-state index in [-0.39, 0.29) is 11.9 Å². The van der Waals surface area contributed by atoms with Crippen molar-refractivity contribution in [2.75, 3.05) is 7.11 Å². The minimum Gasteiger partial charge on any atom is -0.497 e. The second-order valence-electron chi connectivity index (χ2n) is 6.33. The summed E-state index contributed by atoms with van der Waals surface area (Å²) in [6.07, 6.45) is 1.74. The fraction of sp³-hybridized carbons (Fsp3) is 0.474. The quantitative estimate of drug-likeness (QED) is 0.801. The van der Waals surface area contributed by atoms with Crippen molar-refractivity contribution in [2.45, 2.75) is 46.6 Å². The van der Waals surface area contributed by atoms with E-state index in [0.717, 1.165) is 39.7 Å². The first kappa shape index (κ1) is 18.5. The van der Waals surface area contributed by atoms with E-state index >= 15 is 0 Å². The molecule has 0 aliphatic carbocycles. The van der Waals surface area contributed by atoms with E-state index in [0.29, 0.717) is 5.92 Å². The topological polar surface area (TPSA) is 51.2 Å². The van der Waals surface area contributed by atoms with Crippen LogP contribution in [0.15, 0.2) is 24.3 Å². The van der Waals surface area contributed by atoms with Crippen molar-refractivity contribution in [3.63, 3.8) is 0 Å². The molecular formula is C19H26N2O2S. The summed E-state index contributed by atoms with van der Waals surface area (Å²) in [7, 11) is 1.65. The number of rotatable bonds is 7. The Balaban J connectivity index is 2.12. The van der Waals surface area contributed by atoms with Gasteiger partial charge in [-0.1, -0.05) is 32.9 Å². The van der Waals surface area contributed by atoms with Crippen LogP contribution in [-0.2, 0) is 6.42 Å². The predicted octanol–water partition coefficient (Wildman–Crippen LogP) is 4.54. The molecule has 130 valence electrons. The van der Waals surface area contributed by atoms with Crippen molar-refractivity contribution in [3.05, 3.63) is 45.4 Å². The first-order valence-corrected chi connectivity index (χ1v) is 9.17. The zero-order valence-corrected chi connectivity index (χ0v) is 15.9. The molecule has 2 rings (SSSR count). The molecule has 24 heavy (non-hydrogen) atoms. The van der Waals surface area contributed by atoms with Crippen LogP contribution in [0.2, 0.25) is 0 Å². The van der Waals surface area contributed by atoms with Crippen LogP contribution in [0.25, 0.3) is 0 Å². The summed E-state index contributed by atoms with van der Waals surface area (Å²) >= 11 is 1.51. The van der Waals surface area contributed by atoms with Crippen LogP contribution in [0.5, 0.6) is 5.75 Å². The Labute approximate surface area is 148 Å². The normalized spacial score (nSPS) is 12.2. The van der Waals surface area contributed by atoms with Gasteiger partial charge in [-0.15, -0.1) is 11.3 Å². The van der Waals surface area contributed by atoms with E-state index in [1.54, 1.807) is 7.11 Å². The molecule has 5 heteroatoms. The zero-order chi connectivity index (χ0) is 17.7. The average molecular weight is 346 g/mol. The van der Waals surface area contributed by atoms with Crippen molar-refractivity contribution in [1.82, 2.24) is 10.3 Å². The van der Waals surface area contributed by atoms with E-state index in [1.807, 2.05) is 31.2 Å².